The Morgan fingerprint density at radius 1 is 1.69 bits per heavy atom. The largest absolute Gasteiger partial charge is 0.478 e. The Balaban J connectivity index is 2.85. The molecule has 0 radical (unpaired) electrons. The van der Waals surface area contributed by atoms with Crippen LogP contribution in [0.5, 0.6) is 0 Å². The lowest BCUT2D eigenvalue weighted by atomic mass is 10.2. The Kier molecular flexibility index (Phi) is 4.60. The molecule has 0 amide bonds. The van der Waals surface area contributed by atoms with Crippen molar-refractivity contribution in [1.29, 1.82) is 0 Å². The van der Waals surface area contributed by atoms with E-state index in [2.05, 4.69) is 10.3 Å². The van der Waals surface area contributed by atoms with Crippen molar-refractivity contribution in [2.24, 2.45) is 0 Å². The average molecular weight is 224 g/mol. The lowest BCUT2D eigenvalue weighted by molar-refractivity contribution is 0.0691. The number of carboxylic acids is 1. The highest BCUT2D eigenvalue weighted by atomic mass is 19.1. The maximum Gasteiger partial charge on any atom is 0.338 e. The molecule has 16 heavy (non-hydrogen) atoms. The number of aromatic carboxylic acids is 1. The Bertz CT molecular complexity index is 405. The minimum atomic E-state index is -1.29. The van der Waals surface area contributed by atoms with Crippen molar-refractivity contribution in [3.8, 4) is 0 Å². The van der Waals surface area contributed by atoms with Crippen LogP contribution in [0.3, 0.4) is 0 Å². The van der Waals surface area contributed by atoms with Gasteiger partial charge in [0.05, 0.1) is 11.3 Å². The van der Waals surface area contributed by atoms with E-state index >= 15 is 0 Å². The molecule has 1 aromatic rings. The molecule has 0 unspecified atom stereocenters. The molecule has 0 aliphatic rings. The van der Waals surface area contributed by atoms with E-state index < -0.39 is 11.8 Å². The smallest absolute Gasteiger partial charge is 0.338 e. The van der Waals surface area contributed by atoms with Crippen LogP contribution < -0.4 is 5.32 Å². The van der Waals surface area contributed by atoms with Crippen molar-refractivity contribution in [2.75, 3.05) is 13.6 Å². The number of nitrogens with one attached hydrogen (secondary N) is 1. The Labute approximate surface area is 92.8 Å². The first kappa shape index (κ1) is 12.3. The third-order valence-corrected chi connectivity index (χ3v) is 1.98. The van der Waals surface area contributed by atoms with Gasteiger partial charge in [0.25, 0.3) is 0 Å². The van der Waals surface area contributed by atoms with Gasteiger partial charge in [-0.25, -0.2) is 9.18 Å². The first-order chi connectivity index (χ1) is 7.66. The van der Waals surface area contributed by atoms with Crippen LogP contribution in [0, 0.1) is 5.82 Å². The normalized spacial score (nSPS) is 10.9. The second-order valence-electron chi connectivity index (χ2n) is 3.16. The number of carbonyl (C=O) groups is 1. The number of pyridine rings is 1. The maximum atomic E-state index is 13.5. The van der Waals surface area contributed by atoms with E-state index in [9.17, 15) is 9.18 Å². The summed E-state index contributed by atoms with van der Waals surface area (Å²) in [5.74, 6) is -2.08. The van der Waals surface area contributed by atoms with Gasteiger partial charge >= 0.3 is 5.97 Å². The summed E-state index contributed by atoms with van der Waals surface area (Å²) in [5, 5.41) is 11.6. The van der Waals surface area contributed by atoms with Crippen LogP contribution in [0.25, 0.3) is 6.08 Å². The first-order valence-electron chi connectivity index (χ1n) is 4.85. The summed E-state index contributed by atoms with van der Waals surface area (Å²) in [6.07, 6.45) is 5.24. The van der Waals surface area contributed by atoms with Gasteiger partial charge in [-0.1, -0.05) is 6.08 Å². The molecule has 0 fully saturated rings. The van der Waals surface area contributed by atoms with Gasteiger partial charge in [-0.05, 0) is 32.2 Å². The van der Waals surface area contributed by atoms with Gasteiger partial charge in [-0.15, -0.1) is 0 Å². The highest BCUT2D eigenvalue weighted by molar-refractivity contribution is 5.88. The zero-order chi connectivity index (χ0) is 12.0. The Hall–Kier alpha value is -1.75. The van der Waals surface area contributed by atoms with Crippen molar-refractivity contribution >= 4 is 12.0 Å². The topological polar surface area (TPSA) is 62.2 Å². The molecule has 1 heterocycles. The highest BCUT2D eigenvalue weighted by Crippen LogP contribution is 2.11. The third kappa shape index (κ3) is 3.13. The first-order valence-corrected chi connectivity index (χ1v) is 4.85. The quantitative estimate of drug-likeness (QED) is 0.745. The molecule has 0 atom stereocenters. The second-order valence-corrected chi connectivity index (χ2v) is 3.16. The molecule has 1 rings (SSSR count). The van der Waals surface area contributed by atoms with Crippen LogP contribution in [-0.4, -0.2) is 29.7 Å². The van der Waals surface area contributed by atoms with E-state index in [-0.39, 0.29) is 11.3 Å². The molecule has 4 nitrogen and oxygen atoms in total. The number of hydrogen-bond donors (Lipinski definition) is 2. The van der Waals surface area contributed by atoms with E-state index in [4.69, 9.17) is 5.11 Å². The summed E-state index contributed by atoms with van der Waals surface area (Å²) in [4.78, 5) is 14.4. The highest BCUT2D eigenvalue weighted by Gasteiger charge is 2.12. The summed E-state index contributed by atoms with van der Waals surface area (Å²) < 4.78 is 13.5. The molecule has 0 aromatic carbocycles. The predicted molar refractivity (Wildman–Crippen MR) is 58.7 cm³/mol. The molecule has 0 saturated carbocycles. The monoisotopic (exact) mass is 224 g/mol. The van der Waals surface area contributed by atoms with Gasteiger partial charge in [-0.3, -0.25) is 4.98 Å². The number of halogens is 1. The molecular formula is C11H13FN2O2. The van der Waals surface area contributed by atoms with Gasteiger partial charge in [0.15, 0.2) is 5.82 Å². The zero-order valence-electron chi connectivity index (χ0n) is 8.90. The minimum Gasteiger partial charge on any atom is -0.478 e. The summed E-state index contributed by atoms with van der Waals surface area (Å²) in [6, 6.07) is 1.14. The Morgan fingerprint density at radius 3 is 3.06 bits per heavy atom. The molecule has 86 valence electrons. The number of rotatable bonds is 5. The number of nitrogens with zero attached hydrogens (tertiary/aromatic N) is 1. The van der Waals surface area contributed by atoms with Crippen molar-refractivity contribution in [2.45, 2.75) is 6.42 Å². The van der Waals surface area contributed by atoms with Gasteiger partial charge in [0, 0.05) is 6.20 Å². The molecule has 0 aliphatic heterocycles. The lowest BCUT2D eigenvalue weighted by Crippen LogP contribution is -2.06. The van der Waals surface area contributed by atoms with Crippen LogP contribution >= 0.6 is 0 Å². The summed E-state index contributed by atoms with van der Waals surface area (Å²) in [5.41, 5.74) is -0.306. The lowest BCUT2D eigenvalue weighted by Gasteiger charge is -1.99. The van der Waals surface area contributed by atoms with Crippen LogP contribution in [0.15, 0.2) is 18.3 Å². The molecule has 0 spiro atoms. The van der Waals surface area contributed by atoms with Gasteiger partial charge < -0.3 is 10.4 Å². The van der Waals surface area contributed by atoms with Crippen molar-refractivity contribution in [1.82, 2.24) is 10.3 Å². The molecule has 0 bridgehead atoms. The SMILES string of the molecule is CNCCC=Cc1nccc(C(=O)O)c1F. The average Bonchev–Trinajstić information content (AvgIpc) is 2.26. The van der Waals surface area contributed by atoms with E-state index in [0.717, 1.165) is 19.0 Å². The maximum absolute atomic E-state index is 13.5. The van der Waals surface area contributed by atoms with Crippen molar-refractivity contribution in [3.05, 3.63) is 35.4 Å². The van der Waals surface area contributed by atoms with Gasteiger partial charge in [-0.2, -0.15) is 0 Å². The third-order valence-electron chi connectivity index (χ3n) is 1.98. The van der Waals surface area contributed by atoms with Crippen LogP contribution in [0.4, 0.5) is 4.39 Å². The molecule has 0 saturated heterocycles. The standard InChI is InChI=1S/C11H13FN2O2/c1-13-6-3-2-4-9-10(12)8(11(15)16)5-7-14-9/h2,4-5,7,13H,3,6H2,1H3,(H,15,16). The minimum absolute atomic E-state index is 0.0519. The van der Waals surface area contributed by atoms with Gasteiger partial charge in [0.2, 0.25) is 0 Å². The zero-order valence-corrected chi connectivity index (χ0v) is 8.90. The van der Waals surface area contributed by atoms with E-state index in [0.29, 0.717) is 0 Å². The Morgan fingerprint density at radius 2 is 2.44 bits per heavy atom. The van der Waals surface area contributed by atoms with Crippen molar-refractivity contribution < 1.29 is 14.3 Å². The fraction of sp³-hybridized carbons (Fsp3) is 0.273. The number of carboxylic acid groups (broad SMARTS) is 1. The molecule has 2 N–H and O–H groups in total. The van der Waals surface area contributed by atoms with E-state index in [1.54, 1.807) is 6.08 Å². The van der Waals surface area contributed by atoms with Crippen molar-refractivity contribution in [3.63, 3.8) is 0 Å². The molecular weight excluding hydrogens is 211 g/mol. The predicted octanol–water partition coefficient (Wildman–Crippen LogP) is 1.54. The molecule has 0 aliphatic carbocycles. The van der Waals surface area contributed by atoms with Gasteiger partial charge in [0.1, 0.15) is 0 Å². The molecule has 1 aromatic heterocycles. The van der Waals surface area contributed by atoms with Crippen LogP contribution in [-0.2, 0) is 0 Å². The second kappa shape index (κ2) is 5.97. The fourth-order valence-corrected chi connectivity index (χ4v) is 1.16. The fourth-order valence-electron chi connectivity index (χ4n) is 1.16. The summed E-state index contributed by atoms with van der Waals surface area (Å²) in [7, 11) is 1.82. The van der Waals surface area contributed by atoms with Crippen LogP contribution in [0.2, 0.25) is 0 Å². The summed E-state index contributed by atoms with van der Waals surface area (Å²) in [6.45, 7) is 0.775. The summed E-state index contributed by atoms with van der Waals surface area (Å²) >= 11 is 0. The number of hydrogen-bond acceptors (Lipinski definition) is 3. The molecule has 5 heteroatoms. The number of aromatic nitrogens is 1. The van der Waals surface area contributed by atoms with Crippen LogP contribution in [0.1, 0.15) is 22.5 Å². The van der Waals surface area contributed by atoms with E-state index in [1.165, 1.54) is 12.3 Å². The van der Waals surface area contributed by atoms with E-state index in [1.807, 2.05) is 7.05 Å².